The van der Waals surface area contributed by atoms with Crippen LogP contribution in [0.3, 0.4) is 0 Å². The summed E-state index contributed by atoms with van der Waals surface area (Å²) in [4.78, 5) is 59.5. The molecule has 0 saturated carbocycles. The van der Waals surface area contributed by atoms with Gasteiger partial charge in [0.05, 0.1) is 11.5 Å². The number of nitro benzene ring substituents is 1. The molecule has 166 valence electrons. The molecule has 3 rings (SSSR count). The third kappa shape index (κ3) is 5.06. The lowest BCUT2D eigenvalue weighted by Crippen LogP contribution is -2.51. The highest BCUT2D eigenvalue weighted by atomic mass is 16.6. The highest BCUT2D eigenvalue weighted by molar-refractivity contribution is 6.08. The van der Waals surface area contributed by atoms with Gasteiger partial charge in [-0.05, 0) is 31.4 Å². The molecule has 1 fully saturated rings. The highest BCUT2D eigenvalue weighted by Crippen LogP contribution is 2.22. The quantitative estimate of drug-likeness (QED) is 0.320. The molecule has 1 aliphatic rings. The van der Waals surface area contributed by atoms with E-state index in [1.54, 1.807) is 6.92 Å². The second kappa shape index (κ2) is 9.25. The van der Waals surface area contributed by atoms with Crippen LogP contribution in [0.5, 0.6) is 0 Å². The van der Waals surface area contributed by atoms with E-state index in [9.17, 15) is 29.3 Å². The van der Waals surface area contributed by atoms with E-state index < -0.39 is 40.8 Å². The number of rotatable bonds is 8. The summed E-state index contributed by atoms with van der Waals surface area (Å²) in [5.41, 5.74) is 1.72. The Balaban J connectivity index is 1.55. The van der Waals surface area contributed by atoms with Crippen molar-refractivity contribution in [3.8, 4) is 0 Å². The van der Waals surface area contributed by atoms with Crippen molar-refractivity contribution in [1.82, 2.24) is 21.1 Å². The van der Waals surface area contributed by atoms with Crippen LogP contribution in [0, 0.1) is 10.1 Å². The highest BCUT2D eigenvalue weighted by Gasteiger charge is 2.48. The standard InChI is InChI=1S/C21H21N5O6/c1-21(11-10-14-6-3-2-4-7-14)19(29)25(20(30)23-21)24-17(27)13-22-18(28)15-8-5-9-16(12-15)26(31)32/h2-9,12H,10-11,13H2,1H3,(H,22,28)(H,23,30)(H,24,27). The Kier molecular flexibility index (Phi) is 6.47. The minimum absolute atomic E-state index is 0.00419. The number of nitro groups is 1. The number of aryl methyl sites for hydroxylation is 1. The lowest BCUT2D eigenvalue weighted by Gasteiger charge is -2.21. The summed E-state index contributed by atoms with van der Waals surface area (Å²) in [7, 11) is 0. The van der Waals surface area contributed by atoms with Crippen molar-refractivity contribution in [2.45, 2.75) is 25.3 Å². The molecule has 0 bridgehead atoms. The van der Waals surface area contributed by atoms with Gasteiger partial charge in [-0.15, -0.1) is 0 Å². The Morgan fingerprint density at radius 1 is 1.12 bits per heavy atom. The average Bonchev–Trinajstić information content (AvgIpc) is 3.00. The minimum atomic E-state index is -1.19. The number of hydrogen-bond donors (Lipinski definition) is 3. The van der Waals surface area contributed by atoms with Gasteiger partial charge in [-0.1, -0.05) is 36.4 Å². The van der Waals surface area contributed by atoms with Crippen molar-refractivity contribution in [3.05, 3.63) is 75.8 Å². The van der Waals surface area contributed by atoms with E-state index >= 15 is 0 Å². The molecule has 2 aromatic rings. The smallest absolute Gasteiger partial charge is 0.343 e. The molecule has 3 N–H and O–H groups in total. The molecule has 0 spiro atoms. The SMILES string of the molecule is CC1(CCc2ccccc2)NC(=O)N(NC(=O)CNC(=O)c2cccc([N+](=O)[O-])c2)C1=O. The fraction of sp³-hybridized carbons (Fsp3) is 0.238. The van der Waals surface area contributed by atoms with Gasteiger partial charge < -0.3 is 10.6 Å². The fourth-order valence-corrected chi connectivity index (χ4v) is 3.18. The number of nitrogens with one attached hydrogen (secondary N) is 3. The summed E-state index contributed by atoms with van der Waals surface area (Å²) >= 11 is 0. The normalized spacial score (nSPS) is 17.6. The fourth-order valence-electron chi connectivity index (χ4n) is 3.18. The Hall–Kier alpha value is -4.28. The van der Waals surface area contributed by atoms with Gasteiger partial charge in [0.2, 0.25) is 0 Å². The first kappa shape index (κ1) is 22.4. The second-order valence-corrected chi connectivity index (χ2v) is 7.41. The van der Waals surface area contributed by atoms with E-state index in [2.05, 4.69) is 16.1 Å². The van der Waals surface area contributed by atoms with Gasteiger partial charge >= 0.3 is 6.03 Å². The van der Waals surface area contributed by atoms with E-state index in [1.165, 1.54) is 18.2 Å². The number of benzene rings is 2. The van der Waals surface area contributed by atoms with E-state index in [1.807, 2.05) is 30.3 Å². The van der Waals surface area contributed by atoms with Crippen molar-refractivity contribution in [2.75, 3.05) is 6.54 Å². The zero-order valence-corrected chi connectivity index (χ0v) is 17.2. The van der Waals surface area contributed by atoms with Crippen LogP contribution in [0.15, 0.2) is 54.6 Å². The van der Waals surface area contributed by atoms with Crippen LogP contribution in [0.1, 0.15) is 29.3 Å². The van der Waals surface area contributed by atoms with Crippen LogP contribution in [-0.4, -0.2) is 45.8 Å². The molecule has 32 heavy (non-hydrogen) atoms. The monoisotopic (exact) mass is 439 g/mol. The number of amides is 5. The average molecular weight is 439 g/mol. The topological polar surface area (TPSA) is 151 Å². The van der Waals surface area contributed by atoms with E-state index in [-0.39, 0.29) is 11.3 Å². The zero-order valence-electron chi connectivity index (χ0n) is 17.2. The molecule has 5 amide bonds. The number of nitrogens with zero attached hydrogens (tertiary/aromatic N) is 2. The lowest BCUT2D eigenvalue weighted by molar-refractivity contribution is -0.384. The third-order valence-electron chi connectivity index (χ3n) is 4.98. The summed E-state index contributed by atoms with van der Waals surface area (Å²) in [6.45, 7) is 1.03. The van der Waals surface area contributed by atoms with Crippen molar-refractivity contribution in [2.24, 2.45) is 0 Å². The van der Waals surface area contributed by atoms with Crippen molar-refractivity contribution in [1.29, 1.82) is 0 Å². The molecule has 11 heteroatoms. The summed E-state index contributed by atoms with van der Waals surface area (Å²) < 4.78 is 0. The molecule has 1 unspecified atom stereocenters. The maximum Gasteiger partial charge on any atom is 0.344 e. The molecule has 1 atom stereocenters. The summed E-state index contributed by atoms with van der Waals surface area (Å²) in [5, 5.41) is 16.3. The number of hydrazine groups is 1. The van der Waals surface area contributed by atoms with E-state index in [0.29, 0.717) is 17.9 Å². The van der Waals surface area contributed by atoms with E-state index in [4.69, 9.17) is 0 Å². The molecule has 1 aliphatic heterocycles. The van der Waals surface area contributed by atoms with Crippen molar-refractivity contribution in [3.63, 3.8) is 0 Å². The summed E-state index contributed by atoms with van der Waals surface area (Å²) in [6, 6.07) is 13.7. The summed E-state index contributed by atoms with van der Waals surface area (Å²) in [6.07, 6.45) is 0.877. The molecular formula is C21H21N5O6. The summed E-state index contributed by atoms with van der Waals surface area (Å²) in [5.74, 6) is -2.13. The Bertz CT molecular complexity index is 1070. The molecule has 2 aromatic carbocycles. The number of imide groups is 1. The van der Waals surface area contributed by atoms with Gasteiger partial charge in [0, 0.05) is 17.7 Å². The Labute approximate surface area is 182 Å². The van der Waals surface area contributed by atoms with Crippen molar-refractivity contribution < 1.29 is 24.1 Å². The third-order valence-corrected chi connectivity index (χ3v) is 4.98. The first-order valence-electron chi connectivity index (χ1n) is 9.72. The zero-order chi connectivity index (χ0) is 23.3. The van der Waals surface area contributed by atoms with Crippen LogP contribution >= 0.6 is 0 Å². The van der Waals surface area contributed by atoms with Gasteiger partial charge in [0.25, 0.3) is 23.4 Å². The minimum Gasteiger partial charge on any atom is -0.343 e. The van der Waals surface area contributed by atoms with Crippen LogP contribution in [-0.2, 0) is 16.0 Å². The van der Waals surface area contributed by atoms with Gasteiger partial charge in [-0.25, -0.2) is 4.79 Å². The van der Waals surface area contributed by atoms with Crippen LogP contribution in [0.25, 0.3) is 0 Å². The molecule has 0 aromatic heterocycles. The Morgan fingerprint density at radius 3 is 2.53 bits per heavy atom. The molecule has 1 heterocycles. The molecule has 0 aliphatic carbocycles. The molecule has 1 saturated heterocycles. The van der Waals surface area contributed by atoms with Crippen LogP contribution in [0.4, 0.5) is 10.5 Å². The molecule has 11 nitrogen and oxygen atoms in total. The number of carbonyl (C=O) groups is 4. The van der Waals surface area contributed by atoms with Gasteiger partial charge in [-0.2, -0.15) is 5.01 Å². The molecule has 0 radical (unpaired) electrons. The Morgan fingerprint density at radius 2 is 1.84 bits per heavy atom. The maximum absolute atomic E-state index is 12.7. The van der Waals surface area contributed by atoms with Crippen LogP contribution < -0.4 is 16.1 Å². The van der Waals surface area contributed by atoms with E-state index in [0.717, 1.165) is 11.6 Å². The number of non-ortho nitro benzene ring substituents is 1. The maximum atomic E-state index is 12.7. The lowest BCUT2D eigenvalue weighted by atomic mass is 9.93. The number of urea groups is 1. The second-order valence-electron chi connectivity index (χ2n) is 7.41. The number of hydrogen-bond acceptors (Lipinski definition) is 6. The predicted octanol–water partition coefficient (Wildman–Crippen LogP) is 1.30. The molecular weight excluding hydrogens is 418 g/mol. The van der Waals surface area contributed by atoms with Gasteiger partial charge in [0.1, 0.15) is 5.54 Å². The van der Waals surface area contributed by atoms with Gasteiger partial charge in [-0.3, -0.25) is 29.9 Å². The van der Waals surface area contributed by atoms with Crippen molar-refractivity contribution >= 4 is 29.4 Å². The first-order valence-corrected chi connectivity index (χ1v) is 9.72. The van der Waals surface area contributed by atoms with Gasteiger partial charge in [0.15, 0.2) is 0 Å². The van der Waals surface area contributed by atoms with Crippen LogP contribution in [0.2, 0.25) is 0 Å². The first-order chi connectivity index (χ1) is 15.2. The predicted molar refractivity (Wildman–Crippen MR) is 112 cm³/mol. The number of carbonyl (C=O) groups excluding carboxylic acids is 4. The largest absolute Gasteiger partial charge is 0.344 e.